The van der Waals surface area contributed by atoms with E-state index in [0.717, 1.165) is 45.6 Å². The van der Waals surface area contributed by atoms with Crippen molar-refractivity contribution in [1.82, 2.24) is 9.80 Å². The maximum atomic E-state index is 9.71. The first kappa shape index (κ1) is 59.8. The molecule has 0 rings (SSSR count). The average Bonchev–Trinajstić information content (AvgIpc) is 2.78. The normalized spacial score (nSPS) is 14.8. The van der Waals surface area contributed by atoms with Gasteiger partial charge in [-0.2, -0.15) is 0 Å². The van der Waals surface area contributed by atoms with Crippen molar-refractivity contribution in [2.24, 2.45) is 0 Å². The van der Waals surface area contributed by atoms with Gasteiger partial charge in [-0.3, -0.25) is 0 Å². The summed E-state index contributed by atoms with van der Waals surface area (Å²) in [6.45, 7) is 48.0. The van der Waals surface area contributed by atoms with Crippen LogP contribution in [0.25, 0.3) is 21.3 Å². The van der Waals surface area contributed by atoms with Gasteiger partial charge in [0.25, 0.3) is 0 Å². The Bertz CT molecular complexity index is 627. The monoisotopic (exact) mass is 761 g/mol. The van der Waals surface area contributed by atoms with Crippen molar-refractivity contribution in [3.63, 3.8) is 0 Å². The van der Waals surface area contributed by atoms with Crippen LogP contribution in [0, 0.1) is 0 Å². The van der Waals surface area contributed by atoms with Gasteiger partial charge in [-0.1, -0.05) is 118 Å². The van der Waals surface area contributed by atoms with Crippen molar-refractivity contribution < 1.29 is 43.2 Å². The number of aliphatic hydroxyl groups is 2. The molecule has 0 spiro atoms. The molecule has 47 heavy (non-hydrogen) atoms. The molecular weight excluding hydrogens is 678 g/mol. The minimum absolute atomic E-state index is 0. The maximum absolute atomic E-state index is 9.71. The van der Waals surface area contributed by atoms with Crippen LogP contribution in [0.2, 0.25) is 0 Å². The summed E-state index contributed by atoms with van der Waals surface area (Å²) >= 11 is 0. The van der Waals surface area contributed by atoms with Gasteiger partial charge in [0.1, 0.15) is 0 Å². The SMILES string of the molecule is CC([N-]C(C)(C)C)[N-]C(C)(C)C.CC([N-]C(C)(C)C)[N-]C(C)(C)C.CCN(C)CC(C)(O)CC.CCN(CC)CC(C)(O)CC.[Ni+2].[Ni+2]. The van der Waals surface area contributed by atoms with E-state index in [1.54, 1.807) is 0 Å². The molecule has 0 bridgehead atoms. The van der Waals surface area contributed by atoms with Gasteiger partial charge in [0, 0.05) is 13.1 Å². The first-order valence-corrected chi connectivity index (χ1v) is 17.5. The molecule has 0 aliphatic rings. The number of nitrogens with zero attached hydrogens (tertiary/aromatic N) is 6. The molecule has 294 valence electrons. The number of rotatable bonds is 13. The van der Waals surface area contributed by atoms with Crippen LogP contribution in [0.4, 0.5) is 0 Å². The minimum atomic E-state index is -0.509. The Hall–Kier alpha value is 0.667. The van der Waals surface area contributed by atoms with E-state index in [0.29, 0.717) is 0 Å². The van der Waals surface area contributed by atoms with Gasteiger partial charge < -0.3 is 41.3 Å². The molecule has 0 radical (unpaired) electrons. The van der Waals surface area contributed by atoms with Gasteiger partial charge in [0.05, 0.1) is 11.2 Å². The smallest absolute Gasteiger partial charge is 0.673 e. The Morgan fingerprint density at radius 1 is 0.468 bits per heavy atom. The first-order chi connectivity index (χ1) is 19.8. The fraction of sp³-hybridized carbons (Fsp3) is 1.00. The molecule has 2 unspecified atom stereocenters. The van der Waals surface area contributed by atoms with Crippen LogP contribution in [-0.2, 0) is 33.0 Å². The third kappa shape index (κ3) is 51.1. The fourth-order valence-corrected chi connectivity index (χ4v) is 4.15. The molecule has 2 atom stereocenters. The topological polar surface area (TPSA) is 103 Å². The Labute approximate surface area is 316 Å². The molecule has 8 nitrogen and oxygen atoms in total. The summed E-state index contributed by atoms with van der Waals surface area (Å²) in [6, 6.07) is 0. The van der Waals surface area contributed by atoms with Crippen molar-refractivity contribution in [3.05, 3.63) is 21.3 Å². The molecule has 2 N–H and O–H groups in total. The van der Waals surface area contributed by atoms with Crippen LogP contribution in [0.5, 0.6) is 0 Å². The molecule has 0 heterocycles. The summed E-state index contributed by atoms with van der Waals surface area (Å²) < 4.78 is 0. The summed E-state index contributed by atoms with van der Waals surface area (Å²) in [5.74, 6) is 0. The quantitative estimate of drug-likeness (QED) is 0.182. The summed E-state index contributed by atoms with van der Waals surface area (Å²) in [5.41, 5.74) is -0.929. The summed E-state index contributed by atoms with van der Waals surface area (Å²) in [7, 11) is 2.02. The molecule has 0 saturated carbocycles. The molecule has 0 aromatic rings. The van der Waals surface area contributed by atoms with E-state index < -0.39 is 11.2 Å². The van der Waals surface area contributed by atoms with Gasteiger partial charge >= 0.3 is 33.0 Å². The van der Waals surface area contributed by atoms with E-state index in [9.17, 15) is 10.2 Å². The van der Waals surface area contributed by atoms with Crippen LogP contribution < -0.4 is 0 Å². The number of likely N-dealkylation sites (N-methyl/N-ethyl adjacent to an activating group) is 2. The van der Waals surface area contributed by atoms with Crippen LogP contribution in [0.15, 0.2) is 0 Å². The van der Waals surface area contributed by atoms with Crippen molar-refractivity contribution in [2.45, 2.75) is 204 Å². The molecule has 0 aliphatic carbocycles. The number of hydrogen-bond acceptors (Lipinski definition) is 4. The zero-order chi connectivity index (χ0) is 37.1. The standard InChI is InChI=1S/2C10H22N2.C9H21NO.C8H19NO.2Ni/c2*1-8(11-9(2,3)4)12-10(5,6)7;1-5-9(4,11)8-10(6-2)7-3;1-5-8(3,10)7-9(4)6-2;;/h2*8H,1-7H3;11H,5-8H2,1-4H3;10H,5-7H2,1-4H3;;/q2*-2;;;2*+2. The summed E-state index contributed by atoms with van der Waals surface area (Å²) in [6.07, 6.45) is 1.84. The second-order valence-electron chi connectivity index (χ2n) is 17.0. The second kappa shape index (κ2) is 27.3. The van der Waals surface area contributed by atoms with Gasteiger partial charge in [0.2, 0.25) is 0 Å². The Kier molecular flexibility index (Phi) is 34.8. The second-order valence-corrected chi connectivity index (χ2v) is 17.0. The molecular formula is C37H84N6Ni2O2. The predicted octanol–water partition coefficient (Wildman–Crippen LogP) is 9.94. The Morgan fingerprint density at radius 2 is 0.702 bits per heavy atom. The molecule has 0 aromatic heterocycles. The van der Waals surface area contributed by atoms with Gasteiger partial charge in [-0.25, -0.2) is 12.3 Å². The third-order valence-corrected chi connectivity index (χ3v) is 6.43. The van der Waals surface area contributed by atoms with E-state index in [2.05, 4.69) is 135 Å². The average molecular weight is 763 g/mol. The molecule has 0 aliphatic heterocycles. The third-order valence-electron chi connectivity index (χ3n) is 6.43. The molecule has 10 heteroatoms. The van der Waals surface area contributed by atoms with Crippen molar-refractivity contribution >= 4 is 0 Å². The zero-order valence-corrected chi connectivity index (χ0v) is 37.3. The zero-order valence-electron chi connectivity index (χ0n) is 35.3. The number of hydrogen-bond donors (Lipinski definition) is 2. The van der Waals surface area contributed by atoms with Crippen LogP contribution in [-0.4, -0.2) is 105 Å². The summed E-state index contributed by atoms with van der Waals surface area (Å²) in [4.78, 5) is 4.35. The van der Waals surface area contributed by atoms with E-state index in [1.165, 1.54) is 0 Å². The molecule has 0 amide bonds. The minimum Gasteiger partial charge on any atom is -0.673 e. The molecule has 0 fully saturated rings. The van der Waals surface area contributed by atoms with Crippen molar-refractivity contribution in [2.75, 3.05) is 39.8 Å². The molecule has 0 aromatic carbocycles. The van der Waals surface area contributed by atoms with Gasteiger partial charge in [0.15, 0.2) is 0 Å². The molecule has 0 saturated heterocycles. The largest absolute Gasteiger partial charge is 2.00 e. The first-order valence-electron chi connectivity index (χ1n) is 17.5. The Morgan fingerprint density at radius 3 is 0.872 bits per heavy atom. The van der Waals surface area contributed by atoms with Crippen LogP contribution in [0.3, 0.4) is 0 Å². The van der Waals surface area contributed by atoms with Crippen LogP contribution in [0.1, 0.15) is 158 Å². The van der Waals surface area contributed by atoms with Gasteiger partial charge in [-0.05, 0) is 53.4 Å². The van der Waals surface area contributed by atoms with E-state index in [-0.39, 0.29) is 67.5 Å². The predicted molar refractivity (Wildman–Crippen MR) is 204 cm³/mol. The summed E-state index contributed by atoms with van der Waals surface area (Å²) in [5, 5.41) is 37.4. The fourth-order valence-electron chi connectivity index (χ4n) is 4.15. The van der Waals surface area contributed by atoms with E-state index in [1.807, 2.05) is 48.6 Å². The van der Waals surface area contributed by atoms with E-state index >= 15 is 0 Å². The van der Waals surface area contributed by atoms with Crippen LogP contribution >= 0.6 is 0 Å². The Balaban J connectivity index is -0.000000118. The van der Waals surface area contributed by atoms with Crippen molar-refractivity contribution in [1.29, 1.82) is 0 Å². The van der Waals surface area contributed by atoms with Gasteiger partial charge in [-0.15, -0.1) is 36.0 Å². The maximum Gasteiger partial charge on any atom is 2.00 e. The van der Waals surface area contributed by atoms with E-state index in [4.69, 9.17) is 0 Å². The van der Waals surface area contributed by atoms with Crippen molar-refractivity contribution in [3.8, 4) is 0 Å².